The van der Waals surface area contributed by atoms with Crippen LogP contribution >= 0.6 is 0 Å². The molecule has 140 valence electrons. The van der Waals surface area contributed by atoms with Gasteiger partial charge in [-0.25, -0.2) is 0 Å². The van der Waals surface area contributed by atoms with Crippen molar-refractivity contribution in [1.29, 1.82) is 0 Å². The normalized spacial score (nSPS) is 10.8. The predicted octanol–water partition coefficient (Wildman–Crippen LogP) is 4.23. The van der Waals surface area contributed by atoms with Crippen molar-refractivity contribution in [2.24, 2.45) is 5.92 Å². The van der Waals surface area contributed by atoms with Crippen LogP contribution < -0.4 is 9.47 Å². The molecule has 0 radical (unpaired) electrons. The van der Waals surface area contributed by atoms with E-state index in [2.05, 4.69) is 18.4 Å². The van der Waals surface area contributed by atoms with Gasteiger partial charge in [0.1, 0.15) is 6.29 Å². The van der Waals surface area contributed by atoms with Gasteiger partial charge in [-0.1, -0.05) is 13.8 Å². The molecule has 2 aromatic rings. The Morgan fingerprint density at radius 2 is 1.92 bits per heavy atom. The molecule has 5 heteroatoms. The van der Waals surface area contributed by atoms with E-state index in [1.807, 2.05) is 19.9 Å². The Balaban J connectivity index is 2.11. The Bertz CT molecular complexity index is 790. The Kier molecular flexibility index (Phi) is 6.61. The maximum atomic E-state index is 12.6. The van der Waals surface area contributed by atoms with Gasteiger partial charge < -0.3 is 14.0 Å². The lowest BCUT2D eigenvalue weighted by Crippen LogP contribution is -2.13. The van der Waals surface area contributed by atoms with Crippen molar-refractivity contribution in [1.82, 2.24) is 4.57 Å². The fourth-order valence-corrected chi connectivity index (χ4v) is 2.91. The summed E-state index contributed by atoms with van der Waals surface area (Å²) in [4.78, 5) is 23.5. The number of Topliss-reactive ketones (excluding diaryl/α,β-unsaturated/α-hetero) is 1. The van der Waals surface area contributed by atoms with E-state index >= 15 is 0 Å². The van der Waals surface area contributed by atoms with E-state index in [1.165, 1.54) is 7.11 Å². The van der Waals surface area contributed by atoms with E-state index in [-0.39, 0.29) is 12.4 Å². The van der Waals surface area contributed by atoms with Crippen molar-refractivity contribution in [3.8, 4) is 11.5 Å². The summed E-state index contributed by atoms with van der Waals surface area (Å²) in [5, 5.41) is 0. The first-order valence-electron chi connectivity index (χ1n) is 8.83. The maximum absolute atomic E-state index is 12.6. The predicted molar refractivity (Wildman–Crippen MR) is 102 cm³/mol. The van der Waals surface area contributed by atoms with Crippen LogP contribution in [0, 0.1) is 19.8 Å². The molecule has 0 unspecified atom stereocenters. The van der Waals surface area contributed by atoms with E-state index in [9.17, 15) is 9.59 Å². The highest BCUT2D eigenvalue weighted by Crippen LogP contribution is 2.28. The van der Waals surface area contributed by atoms with Gasteiger partial charge in [0.25, 0.3) is 0 Å². The number of benzene rings is 1. The average Bonchev–Trinajstić information content (AvgIpc) is 2.91. The van der Waals surface area contributed by atoms with Crippen molar-refractivity contribution in [3.63, 3.8) is 0 Å². The molecule has 0 aliphatic rings. The Morgan fingerprint density at radius 1 is 1.19 bits per heavy atom. The summed E-state index contributed by atoms with van der Waals surface area (Å²) in [5.41, 5.74) is 3.24. The number of hydrogen-bond acceptors (Lipinski definition) is 4. The van der Waals surface area contributed by atoms with Gasteiger partial charge in [0, 0.05) is 29.1 Å². The SMILES string of the molecule is COc1cc(C=O)ccc1OCC(=O)c1cc(C)n(CCC(C)C)c1C. The first-order valence-corrected chi connectivity index (χ1v) is 8.83. The number of aryl methyl sites for hydroxylation is 1. The Labute approximate surface area is 154 Å². The maximum Gasteiger partial charge on any atom is 0.202 e. The topological polar surface area (TPSA) is 57.5 Å². The molecular weight excluding hydrogens is 330 g/mol. The summed E-state index contributed by atoms with van der Waals surface area (Å²) in [6, 6.07) is 6.79. The molecule has 0 bridgehead atoms. The second-order valence-corrected chi connectivity index (χ2v) is 6.86. The van der Waals surface area contributed by atoms with Crippen molar-refractivity contribution in [3.05, 3.63) is 46.8 Å². The molecule has 0 fully saturated rings. The largest absolute Gasteiger partial charge is 0.493 e. The molecule has 1 heterocycles. The summed E-state index contributed by atoms with van der Waals surface area (Å²) in [6.45, 7) is 9.20. The number of carbonyl (C=O) groups excluding carboxylic acids is 2. The quantitative estimate of drug-likeness (QED) is 0.498. The third-order valence-corrected chi connectivity index (χ3v) is 4.49. The van der Waals surface area contributed by atoms with Gasteiger partial charge >= 0.3 is 0 Å². The first-order chi connectivity index (χ1) is 12.4. The molecule has 2 rings (SSSR count). The summed E-state index contributed by atoms with van der Waals surface area (Å²) < 4.78 is 13.1. The van der Waals surface area contributed by atoms with Crippen molar-refractivity contribution in [2.75, 3.05) is 13.7 Å². The van der Waals surface area contributed by atoms with Crippen LogP contribution in [0.2, 0.25) is 0 Å². The van der Waals surface area contributed by atoms with Crippen LogP contribution in [0.15, 0.2) is 24.3 Å². The van der Waals surface area contributed by atoms with Gasteiger partial charge in [0.15, 0.2) is 18.1 Å². The van der Waals surface area contributed by atoms with E-state index < -0.39 is 0 Å². The molecule has 5 nitrogen and oxygen atoms in total. The molecular formula is C21H27NO4. The highest BCUT2D eigenvalue weighted by atomic mass is 16.5. The van der Waals surface area contributed by atoms with Crippen LogP contribution in [-0.4, -0.2) is 30.4 Å². The zero-order chi connectivity index (χ0) is 19.3. The molecule has 0 saturated carbocycles. The zero-order valence-corrected chi connectivity index (χ0v) is 16.2. The van der Waals surface area contributed by atoms with Crippen LogP contribution in [0.3, 0.4) is 0 Å². The summed E-state index contributed by atoms with van der Waals surface area (Å²) in [5.74, 6) is 1.42. The number of nitrogens with zero attached hydrogens (tertiary/aromatic N) is 1. The molecule has 0 aliphatic carbocycles. The van der Waals surface area contributed by atoms with Crippen LogP contribution in [-0.2, 0) is 6.54 Å². The smallest absolute Gasteiger partial charge is 0.202 e. The van der Waals surface area contributed by atoms with Gasteiger partial charge in [0.05, 0.1) is 7.11 Å². The number of hydrogen-bond donors (Lipinski definition) is 0. The molecule has 0 N–H and O–H groups in total. The number of aromatic nitrogens is 1. The summed E-state index contributed by atoms with van der Waals surface area (Å²) >= 11 is 0. The lowest BCUT2D eigenvalue weighted by molar-refractivity contribution is 0.0918. The standard InChI is InChI=1S/C21H27NO4/c1-14(2)8-9-22-15(3)10-18(16(22)4)19(24)13-26-20-7-6-17(12-23)11-21(20)25-5/h6-7,10-12,14H,8-9,13H2,1-5H3. The highest BCUT2D eigenvalue weighted by molar-refractivity contribution is 5.98. The Hall–Kier alpha value is -2.56. The van der Waals surface area contributed by atoms with Crippen LogP contribution in [0.5, 0.6) is 11.5 Å². The van der Waals surface area contributed by atoms with Crippen molar-refractivity contribution in [2.45, 2.75) is 40.7 Å². The second-order valence-electron chi connectivity index (χ2n) is 6.86. The van der Waals surface area contributed by atoms with E-state index in [4.69, 9.17) is 9.47 Å². The van der Waals surface area contributed by atoms with Crippen LogP contribution in [0.1, 0.15) is 52.4 Å². The number of methoxy groups -OCH3 is 1. The van der Waals surface area contributed by atoms with Crippen molar-refractivity contribution >= 4 is 12.1 Å². The van der Waals surface area contributed by atoms with E-state index in [1.54, 1.807) is 18.2 Å². The zero-order valence-electron chi connectivity index (χ0n) is 16.2. The van der Waals surface area contributed by atoms with Crippen LogP contribution in [0.4, 0.5) is 0 Å². The molecule has 0 saturated heterocycles. The fourth-order valence-electron chi connectivity index (χ4n) is 2.91. The molecule has 0 spiro atoms. The van der Waals surface area contributed by atoms with Crippen molar-refractivity contribution < 1.29 is 19.1 Å². The summed E-state index contributed by atoms with van der Waals surface area (Å²) in [6.07, 6.45) is 1.81. The highest BCUT2D eigenvalue weighted by Gasteiger charge is 2.17. The molecule has 0 atom stereocenters. The minimum absolute atomic E-state index is 0.0737. The summed E-state index contributed by atoms with van der Waals surface area (Å²) in [7, 11) is 1.50. The molecule has 0 amide bonds. The molecule has 1 aromatic heterocycles. The Morgan fingerprint density at radius 3 is 2.54 bits per heavy atom. The minimum atomic E-state index is -0.0781. The molecule has 26 heavy (non-hydrogen) atoms. The lowest BCUT2D eigenvalue weighted by Gasteiger charge is -2.12. The molecule has 0 aliphatic heterocycles. The third kappa shape index (κ3) is 4.54. The van der Waals surface area contributed by atoms with Gasteiger partial charge in [0.2, 0.25) is 5.78 Å². The van der Waals surface area contributed by atoms with Crippen LogP contribution in [0.25, 0.3) is 0 Å². The first kappa shape index (κ1) is 19.8. The number of ketones is 1. The number of carbonyl (C=O) groups is 2. The van der Waals surface area contributed by atoms with Gasteiger partial charge in [-0.15, -0.1) is 0 Å². The third-order valence-electron chi connectivity index (χ3n) is 4.49. The number of aldehydes is 1. The minimum Gasteiger partial charge on any atom is -0.493 e. The number of rotatable bonds is 9. The second kappa shape index (κ2) is 8.70. The molecule has 1 aromatic carbocycles. The monoisotopic (exact) mass is 357 g/mol. The van der Waals surface area contributed by atoms with E-state index in [0.717, 1.165) is 30.6 Å². The lowest BCUT2D eigenvalue weighted by atomic mass is 10.1. The van der Waals surface area contributed by atoms with Gasteiger partial charge in [-0.05, 0) is 50.5 Å². The number of ether oxygens (including phenoxy) is 2. The van der Waals surface area contributed by atoms with Gasteiger partial charge in [-0.3, -0.25) is 9.59 Å². The fraction of sp³-hybridized carbons (Fsp3) is 0.429. The average molecular weight is 357 g/mol. The van der Waals surface area contributed by atoms with Gasteiger partial charge in [-0.2, -0.15) is 0 Å². The van der Waals surface area contributed by atoms with E-state index in [0.29, 0.717) is 28.5 Å².